The molecule has 0 spiro atoms. The van der Waals surface area contributed by atoms with E-state index in [-0.39, 0.29) is 6.61 Å². The fourth-order valence-electron chi connectivity index (χ4n) is 1.89. The molecular formula is C15H24F4O3. The standard InChI is InChI=1S/C15H24F4O3/c1-10(2)13(20)22-12(8-21-7-6-11-4-5-11)15(18,19)9-14(3,16)17/h10-12H,4-9H2,1-3H3. The SMILES string of the molecule is CC(C)C(=O)OC(COCCC1CC1)C(F)(F)CC(C)(F)F. The normalized spacial score (nSPS) is 17.6. The molecular weight excluding hydrogens is 304 g/mol. The highest BCUT2D eigenvalue weighted by Crippen LogP contribution is 2.35. The van der Waals surface area contributed by atoms with E-state index in [4.69, 9.17) is 9.47 Å². The van der Waals surface area contributed by atoms with E-state index in [1.807, 2.05) is 0 Å². The minimum absolute atomic E-state index is 0.263. The van der Waals surface area contributed by atoms with Crippen LogP contribution in [0.3, 0.4) is 0 Å². The van der Waals surface area contributed by atoms with Crippen molar-refractivity contribution in [1.82, 2.24) is 0 Å². The Labute approximate surface area is 128 Å². The molecule has 0 saturated heterocycles. The molecule has 1 aliphatic rings. The van der Waals surface area contributed by atoms with Crippen molar-refractivity contribution in [3.63, 3.8) is 0 Å². The van der Waals surface area contributed by atoms with Crippen LogP contribution in [-0.2, 0) is 14.3 Å². The van der Waals surface area contributed by atoms with E-state index in [1.54, 1.807) is 0 Å². The molecule has 1 rings (SSSR count). The monoisotopic (exact) mass is 328 g/mol. The van der Waals surface area contributed by atoms with Crippen LogP contribution in [0.1, 0.15) is 46.5 Å². The highest BCUT2D eigenvalue weighted by molar-refractivity contribution is 5.71. The first-order chi connectivity index (χ1) is 10.0. The molecule has 1 unspecified atom stereocenters. The summed E-state index contributed by atoms with van der Waals surface area (Å²) in [5.41, 5.74) is 0. The van der Waals surface area contributed by atoms with Crippen molar-refractivity contribution in [2.24, 2.45) is 11.8 Å². The van der Waals surface area contributed by atoms with Crippen LogP contribution in [0.25, 0.3) is 0 Å². The van der Waals surface area contributed by atoms with Crippen LogP contribution in [-0.4, -0.2) is 37.1 Å². The predicted molar refractivity (Wildman–Crippen MR) is 73.1 cm³/mol. The van der Waals surface area contributed by atoms with E-state index in [0.29, 0.717) is 12.8 Å². The molecule has 0 aromatic heterocycles. The Kier molecular flexibility index (Phi) is 6.65. The molecule has 1 atom stereocenters. The van der Waals surface area contributed by atoms with Crippen LogP contribution in [0.2, 0.25) is 0 Å². The Morgan fingerprint density at radius 3 is 2.27 bits per heavy atom. The van der Waals surface area contributed by atoms with Gasteiger partial charge in [0.25, 0.3) is 11.8 Å². The summed E-state index contributed by atoms with van der Waals surface area (Å²) >= 11 is 0. The van der Waals surface area contributed by atoms with Crippen molar-refractivity contribution in [2.45, 2.75) is 64.4 Å². The number of halogens is 4. The summed E-state index contributed by atoms with van der Waals surface area (Å²) in [4.78, 5) is 11.5. The first kappa shape index (κ1) is 19.2. The molecule has 1 saturated carbocycles. The van der Waals surface area contributed by atoms with E-state index in [1.165, 1.54) is 13.8 Å². The van der Waals surface area contributed by atoms with Crippen LogP contribution in [0.4, 0.5) is 17.6 Å². The third kappa shape index (κ3) is 7.42. The van der Waals surface area contributed by atoms with Crippen molar-refractivity contribution in [3.05, 3.63) is 0 Å². The van der Waals surface area contributed by atoms with E-state index < -0.39 is 42.9 Å². The molecule has 22 heavy (non-hydrogen) atoms. The number of ether oxygens (including phenoxy) is 2. The fraction of sp³-hybridized carbons (Fsp3) is 0.933. The second-order valence-electron chi connectivity index (χ2n) is 6.40. The third-order valence-electron chi connectivity index (χ3n) is 3.38. The van der Waals surface area contributed by atoms with Crippen molar-refractivity contribution in [3.8, 4) is 0 Å². The summed E-state index contributed by atoms with van der Waals surface area (Å²) in [6.45, 7) is 3.07. The summed E-state index contributed by atoms with van der Waals surface area (Å²) in [5, 5.41) is 0. The van der Waals surface area contributed by atoms with Crippen molar-refractivity contribution in [2.75, 3.05) is 13.2 Å². The van der Waals surface area contributed by atoms with Crippen molar-refractivity contribution in [1.29, 1.82) is 0 Å². The smallest absolute Gasteiger partial charge is 0.308 e. The Bertz CT molecular complexity index is 362. The summed E-state index contributed by atoms with van der Waals surface area (Å²) in [5.74, 6) is -8.30. The molecule has 130 valence electrons. The molecule has 0 amide bonds. The summed E-state index contributed by atoms with van der Waals surface area (Å²) < 4.78 is 63.6. The zero-order chi connectivity index (χ0) is 17.0. The van der Waals surface area contributed by atoms with Gasteiger partial charge in [0.05, 0.1) is 18.9 Å². The minimum atomic E-state index is -3.84. The van der Waals surface area contributed by atoms with Gasteiger partial charge in [0.1, 0.15) is 0 Å². The van der Waals surface area contributed by atoms with Gasteiger partial charge < -0.3 is 9.47 Å². The third-order valence-corrected chi connectivity index (χ3v) is 3.38. The predicted octanol–water partition coefficient (Wildman–Crippen LogP) is 4.05. The first-order valence-electron chi connectivity index (χ1n) is 7.55. The Morgan fingerprint density at radius 1 is 1.23 bits per heavy atom. The topological polar surface area (TPSA) is 35.5 Å². The Balaban J connectivity index is 2.59. The minimum Gasteiger partial charge on any atom is -0.453 e. The number of carbonyl (C=O) groups excluding carboxylic acids is 1. The summed E-state index contributed by atoms with van der Waals surface area (Å²) in [6.07, 6.45) is -0.712. The Hall–Kier alpha value is -0.850. The van der Waals surface area contributed by atoms with E-state index in [2.05, 4.69) is 0 Å². The maximum absolute atomic E-state index is 14.0. The van der Waals surface area contributed by atoms with Gasteiger partial charge in [-0.25, -0.2) is 17.6 Å². The molecule has 0 bridgehead atoms. The van der Waals surface area contributed by atoms with Crippen LogP contribution in [0.5, 0.6) is 0 Å². The lowest BCUT2D eigenvalue weighted by Crippen LogP contribution is -2.44. The van der Waals surface area contributed by atoms with Crippen LogP contribution in [0, 0.1) is 11.8 Å². The Morgan fingerprint density at radius 2 is 1.82 bits per heavy atom. The van der Waals surface area contributed by atoms with Gasteiger partial charge in [-0.1, -0.05) is 26.7 Å². The first-order valence-corrected chi connectivity index (χ1v) is 7.55. The van der Waals surface area contributed by atoms with Gasteiger partial charge in [-0.3, -0.25) is 4.79 Å². The molecule has 7 heteroatoms. The number of carbonyl (C=O) groups is 1. The van der Waals surface area contributed by atoms with E-state index in [9.17, 15) is 22.4 Å². The second kappa shape index (κ2) is 7.62. The van der Waals surface area contributed by atoms with Crippen molar-refractivity contribution >= 4 is 5.97 Å². The highest BCUT2D eigenvalue weighted by atomic mass is 19.3. The zero-order valence-electron chi connectivity index (χ0n) is 13.2. The highest BCUT2D eigenvalue weighted by Gasteiger charge is 2.49. The lowest BCUT2D eigenvalue weighted by Gasteiger charge is -2.29. The average molecular weight is 328 g/mol. The van der Waals surface area contributed by atoms with Gasteiger partial charge in [-0.2, -0.15) is 0 Å². The number of hydrogen-bond donors (Lipinski definition) is 0. The van der Waals surface area contributed by atoms with Crippen LogP contribution in [0.15, 0.2) is 0 Å². The molecule has 0 heterocycles. The zero-order valence-corrected chi connectivity index (χ0v) is 13.2. The van der Waals surface area contributed by atoms with Gasteiger partial charge in [0.2, 0.25) is 0 Å². The number of esters is 1. The van der Waals surface area contributed by atoms with Gasteiger partial charge >= 0.3 is 5.97 Å². The summed E-state index contributed by atoms with van der Waals surface area (Å²) in [6, 6.07) is 0. The quantitative estimate of drug-likeness (QED) is 0.345. The average Bonchev–Trinajstić information content (AvgIpc) is 3.13. The molecule has 1 aliphatic carbocycles. The number of rotatable bonds is 10. The van der Waals surface area contributed by atoms with Gasteiger partial charge in [0, 0.05) is 6.61 Å². The second-order valence-corrected chi connectivity index (χ2v) is 6.40. The van der Waals surface area contributed by atoms with Crippen LogP contribution < -0.4 is 0 Å². The van der Waals surface area contributed by atoms with Gasteiger partial charge in [-0.15, -0.1) is 0 Å². The number of alkyl halides is 4. The molecule has 0 aromatic rings. The molecule has 0 radical (unpaired) electrons. The maximum atomic E-state index is 14.0. The molecule has 0 N–H and O–H groups in total. The maximum Gasteiger partial charge on any atom is 0.308 e. The van der Waals surface area contributed by atoms with E-state index in [0.717, 1.165) is 19.3 Å². The molecule has 1 fully saturated rings. The van der Waals surface area contributed by atoms with Gasteiger partial charge in [-0.05, 0) is 19.3 Å². The molecule has 3 nitrogen and oxygen atoms in total. The number of hydrogen-bond acceptors (Lipinski definition) is 3. The molecule has 0 aromatic carbocycles. The van der Waals surface area contributed by atoms with Crippen LogP contribution >= 0.6 is 0 Å². The lowest BCUT2D eigenvalue weighted by molar-refractivity contribution is -0.203. The largest absolute Gasteiger partial charge is 0.453 e. The van der Waals surface area contributed by atoms with Gasteiger partial charge in [0.15, 0.2) is 6.10 Å². The van der Waals surface area contributed by atoms with E-state index >= 15 is 0 Å². The summed E-state index contributed by atoms with van der Waals surface area (Å²) in [7, 11) is 0. The molecule has 0 aliphatic heterocycles. The van der Waals surface area contributed by atoms with Crippen molar-refractivity contribution < 1.29 is 31.8 Å². The fourth-order valence-corrected chi connectivity index (χ4v) is 1.89. The lowest BCUT2D eigenvalue weighted by atomic mass is 10.1.